The maximum Gasteiger partial charge on any atom is 0.313 e. The van der Waals surface area contributed by atoms with E-state index in [4.69, 9.17) is 16.0 Å². The highest BCUT2D eigenvalue weighted by atomic mass is 35.5. The molecule has 0 aliphatic heterocycles. The molecule has 5 nitrogen and oxygen atoms in total. The number of benzene rings is 1. The molecule has 0 unspecified atom stereocenters. The van der Waals surface area contributed by atoms with Crippen LogP contribution in [0.1, 0.15) is 0 Å². The van der Waals surface area contributed by atoms with E-state index in [-0.39, 0.29) is 16.1 Å². The van der Waals surface area contributed by atoms with E-state index in [1.807, 2.05) is 0 Å². The standard InChI is InChI=1S/C9H7ClN2O3S/c1-16(13,14)7-4-2-3-6(5-7)8-11-12-9(10)15-8/h2-5H,1H3. The summed E-state index contributed by atoms with van der Waals surface area (Å²) >= 11 is 5.48. The van der Waals surface area contributed by atoms with Crippen LogP contribution in [0, 0.1) is 0 Å². The number of aromatic nitrogens is 2. The van der Waals surface area contributed by atoms with E-state index in [1.54, 1.807) is 12.1 Å². The Labute approximate surface area is 97.0 Å². The smallest absolute Gasteiger partial charge is 0.313 e. The third-order valence-corrected chi connectivity index (χ3v) is 3.17. The Hall–Kier alpha value is -1.40. The Kier molecular flexibility index (Phi) is 2.69. The van der Waals surface area contributed by atoms with Gasteiger partial charge in [-0.3, -0.25) is 0 Å². The summed E-state index contributed by atoms with van der Waals surface area (Å²) in [6, 6.07) is 6.22. The van der Waals surface area contributed by atoms with Crippen molar-refractivity contribution in [3.05, 3.63) is 29.6 Å². The van der Waals surface area contributed by atoms with Gasteiger partial charge in [0.25, 0.3) is 0 Å². The van der Waals surface area contributed by atoms with Crippen LogP contribution in [0.3, 0.4) is 0 Å². The van der Waals surface area contributed by atoms with Gasteiger partial charge in [0, 0.05) is 11.8 Å². The average molecular weight is 259 g/mol. The first-order chi connectivity index (χ1) is 7.47. The number of rotatable bonds is 2. The van der Waals surface area contributed by atoms with Crippen LogP contribution in [0.5, 0.6) is 0 Å². The molecule has 0 saturated carbocycles. The zero-order valence-electron chi connectivity index (χ0n) is 8.21. The molecule has 2 aromatic rings. The van der Waals surface area contributed by atoms with Crippen LogP contribution in [-0.4, -0.2) is 24.9 Å². The fraction of sp³-hybridized carbons (Fsp3) is 0.111. The van der Waals surface area contributed by atoms with E-state index >= 15 is 0 Å². The van der Waals surface area contributed by atoms with Crippen LogP contribution < -0.4 is 0 Å². The molecule has 0 aliphatic rings. The largest absolute Gasteiger partial charge is 0.407 e. The van der Waals surface area contributed by atoms with Gasteiger partial charge in [-0.05, 0) is 29.8 Å². The SMILES string of the molecule is CS(=O)(=O)c1cccc(-c2nnc(Cl)o2)c1. The highest BCUT2D eigenvalue weighted by Crippen LogP contribution is 2.22. The summed E-state index contributed by atoms with van der Waals surface area (Å²) in [5.74, 6) is 0.190. The molecule has 0 amide bonds. The minimum atomic E-state index is -3.25. The van der Waals surface area contributed by atoms with E-state index in [1.165, 1.54) is 12.1 Å². The summed E-state index contributed by atoms with van der Waals surface area (Å²) in [5, 5.41) is 7.07. The summed E-state index contributed by atoms with van der Waals surface area (Å²) in [6.07, 6.45) is 1.13. The second-order valence-corrected chi connectivity index (χ2v) is 5.50. The summed E-state index contributed by atoms with van der Waals surface area (Å²) in [7, 11) is -3.25. The van der Waals surface area contributed by atoms with Gasteiger partial charge in [-0.15, -0.1) is 5.10 Å². The van der Waals surface area contributed by atoms with Crippen LogP contribution in [0.4, 0.5) is 0 Å². The third kappa shape index (κ3) is 2.23. The Bertz CT molecular complexity index is 621. The van der Waals surface area contributed by atoms with Gasteiger partial charge in [0.15, 0.2) is 9.84 Å². The minimum Gasteiger partial charge on any atom is -0.407 e. The van der Waals surface area contributed by atoms with Gasteiger partial charge >= 0.3 is 5.35 Å². The van der Waals surface area contributed by atoms with Crippen LogP contribution in [0.25, 0.3) is 11.5 Å². The van der Waals surface area contributed by atoms with E-state index < -0.39 is 9.84 Å². The molecule has 2 rings (SSSR count). The lowest BCUT2D eigenvalue weighted by Gasteiger charge is -1.99. The summed E-state index contributed by atoms with van der Waals surface area (Å²) in [4.78, 5) is 0.194. The van der Waals surface area contributed by atoms with E-state index in [0.29, 0.717) is 5.56 Å². The van der Waals surface area contributed by atoms with Crippen molar-refractivity contribution < 1.29 is 12.8 Å². The molecule has 0 N–H and O–H groups in total. The highest BCUT2D eigenvalue weighted by Gasteiger charge is 2.11. The van der Waals surface area contributed by atoms with Crippen molar-refractivity contribution in [2.75, 3.05) is 6.26 Å². The molecule has 0 spiro atoms. The maximum atomic E-state index is 11.3. The zero-order chi connectivity index (χ0) is 11.8. The summed E-state index contributed by atoms with van der Waals surface area (Å²) in [5.41, 5.74) is 0.516. The first-order valence-corrected chi connectivity index (χ1v) is 6.53. The monoisotopic (exact) mass is 258 g/mol. The van der Waals surface area contributed by atoms with Gasteiger partial charge in [0.05, 0.1) is 4.90 Å². The predicted molar refractivity (Wildman–Crippen MR) is 57.9 cm³/mol. The van der Waals surface area contributed by atoms with Gasteiger partial charge < -0.3 is 4.42 Å². The van der Waals surface area contributed by atoms with Crippen LogP contribution in [-0.2, 0) is 9.84 Å². The number of sulfone groups is 1. The first-order valence-electron chi connectivity index (χ1n) is 4.26. The third-order valence-electron chi connectivity index (χ3n) is 1.91. The average Bonchev–Trinajstić information content (AvgIpc) is 2.64. The van der Waals surface area contributed by atoms with Gasteiger partial charge in [0.2, 0.25) is 5.89 Å². The van der Waals surface area contributed by atoms with Gasteiger partial charge in [-0.1, -0.05) is 11.2 Å². The van der Waals surface area contributed by atoms with Crippen LogP contribution in [0.15, 0.2) is 33.6 Å². The first kappa shape index (κ1) is 11.1. The van der Waals surface area contributed by atoms with Crippen molar-refractivity contribution >= 4 is 21.4 Å². The molecule has 16 heavy (non-hydrogen) atoms. The molecule has 1 heterocycles. The number of nitrogens with zero attached hydrogens (tertiary/aromatic N) is 2. The Morgan fingerprint density at radius 3 is 2.62 bits per heavy atom. The van der Waals surface area contributed by atoms with Gasteiger partial charge in [-0.2, -0.15) is 0 Å². The number of hydrogen-bond donors (Lipinski definition) is 0. The Morgan fingerprint density at radius 2 is 2.06 bits per heavy atom. The Morgan fingerprint density at radius 1 is 1.31 bits per heavy atom. The molecular formula is C9H7ClN2O3S. The van der Waals surface area contributed by atoms with E-state index in [9.17, 15) is 8.42 Å². The fourth-order valence-electron chi connectivity index (χ4n) is 1.18. The molecule has 0 bridgehead atoms. The molecule has 1 aromatic heterocycles. The highest BCUT2D eigenvalue weighted by molar-refractivity contribution is 7.90. The summed E-state index contributed by atoms with van der Waals surface area (Å²) in [6.45, 7) is 0. The van der Waals surface area contributed by atoms with E-state index in [2.05, 4.69) is 10.2 Å². The van der Waals surface area contributed by atoms with Gasteiger partial charge in [0.1, 0.15) is 0 Å². The molecule has 0 fully saturated rings. The quantitative estimate of drug-likeness (QED) is 0.821. The van der Waals surface area contributed by atoms with Crippen LogP contribution >= 0.6 is 11.6 Å². The van der Waals surface area contributed by atoms with Crippen molar-refractivity contribution in [3.63, 3.8) is 0 Å². The van der Waals surface area contributed by atoms with Gasteiger partial charge in [-0.25, -0.2) is 8.42 Å². The molecular weight excluding hydrogens is 252 g/mol. The zero-order valence-corrected chi connectivity index (χ0v) is 9.79. The molecule has 0 aliphatic carbocycles. The molecule has 0 radical (unpaired) electrons. The van der Waals surface area contributed by atoms with Crippen molar-refractivity contribution in [1.82, 2.24) is 10.2 Å². The maximum absolute atomic E-state index is 11.3. The predicted octanol–water partition coefficient (Wildman–Crippen LogP) is 1.79. The van der Waals surface area contributed by atoms with Crippen molar-refractivity contribution in [3.8, 4) is 11.5 Å². The second kappa shape index (κ2) is 3.88. The molecule has 0 saturated heterocycles. The van der Waals surface area contributed by atoms with Crippen LogP contribution in [0.2, 0.25) is 5.35 Å². The minimum absolute atomic E-state index is 0.0836. The second-order valence-electron chi connectivity index (χ2n) is 3.16. The van der Waals surface area contributed by atoms with E-state index in [0.717, 1.165) is 6.26 Å². The normalized spacial score (nSPS) is 11.6. The fourth-order valence-corrected chi connectivity index (χ4v) is 1.96. The van der Waals surface area contributed by atoms with Crippen molar-refractivity contribution in [2.45, 2.75) is 4.90 Å². The number of halogens is 1. The number of hydrogen-bond acceptors (Lipinski definition) is 5. The molecule has 7 heteroatoms. The van der Waals surface area contributed by atoms with Crippen molar-refractivity contribution in [1.29, 1.82) is 0 Å². The molecule has 0 atom stereocenters. The lowest BCUT2D eigenvalue weighted by Crippen LogP contribution is -1.96. The molecule has 1 aromatic carbocycles. The topological polar surface area (TPSA) is 73.1 Å². The van der Waals surface area contributed by atoms with Crippen molar-refractivity contribution in [2.24, 2.45) is 0 Å². The Balaban J connectivity index is 2.52. The summed E-state index contributed by atoms with van der Waals surface area (Å²) < 4.78 is 27.6. The lowest BCUT2D eigenvalue weighted by molar-refractivity contribution is 0.570. The molecule has 84 valence electrons. The lowest BCUT2D eigenvalue weighted by atomic mass is 10.2.